The quantitative estimate of drug-likeness (QED) is 0.171. The maximum atomic E-state index is 10.6. The Balaban J connectivity index is -0.000000665. The molecule has 0 aliphatic rings. The Hall–Kier alpha value is -2.24. The molecule has 12 nitrogen and oxygen atoms in total. The maximum absolute atomic E-state index is 10.6. The van der Waals surface area contributed by atoms with E-state index in [1.807, 2.05) is 0 Å². The van der Waals surface area contributed by atoms with E-state index in [1.165, 1.54) is 13.8 Å². The van der Waals surface area contributed by atoms with Crippen molar-refractivity contribution < 1.29 is 68.7 Å². The molecule has 0 amide bonds. The first-order valence-corrected chi connectivity index (χ1v) is 7.64. The van der Waals surface area contributed by atoms with Gasteiger partial charge >= 0.3 is 43.4 Å². The number of nitrogens with zero attached hydrogens (tertiary/aromatic N) is 2. The summed E-state index contributed by atoms with van der Waals surface area (Å²) in [7, 11) is 0. The number of hydrogen-bond acceptors (Lipinski definition) is 8. The van der Waals surface area contributed by atoms with Crippen molar-refractivity contribution >= 4 is 35.4 Å². The maximum Gasteiger partial charge on any atom is 3.00 e. The molecule has 13 heteroatoms. The summed E-state index contributed by atoms with van der Waals surface area (Å²) < 4.78 is 0. The predicted octanol–water partition coefficient (Wildman–Crippen LogP) is -1.52. The van der Waals surface area contributed by atoms with E-state index in [9.17, 15) is 28.8 Å². The van der Waals surface area contributed by atoms with E-state index in [2.05, 4.69) is 0 Å². The Bertz CT molecular complexity index is 487. The second-order valence-corrected chi connectivity index (χ2v) is 5.58. The zero-order valence-corrected chi connectivity index (χ0v) is 17.2. The number of Topliss-reactive ketones (excluding diaryl/α,β-unsaturated/α-hetero) is 2. The van der Waals surface area contributed by atoms with Gasteiger partial charge in [-0.25, -0.2) is 0 Å². The summed E-state index contributed by atoms with van der Waals surface area (Å²) in [6.45, 7) is 0.558. The average Bonchev–Trinajstić information content (AvgIpc) is 2.41. The van der Waals surface area contributed by atoms with Crippen LogP contribution in [0.1, 0.15) is 20.3 Å². The van der Waals surface area contributed by atoms with E-state index < -0.39 is 50.1 Å². The van der Waals surface area contributed by atoms with E-state index >= 15 is 0 Å². The largest absolute Gasteiger partial charge is 3.00 e. The Morgan fingerprint density at radius 3 is 0.893 bits per heavy atom. The summed E-state index contributed by atoms with van der Waals surface area (Å²) in [5.74, 6) is -5.04. The van der Waals surface area contributed by atoms with Crippen molar-refractivity contribution in [2.24, 2.45) is 0 Å². The van der Waals surface area contributed by atoms with E-state index in [4.69, 9.17) is 20.4 Å². The summed E-state index contributed by atoms with van der Waals surface area (Å²) in [6, 6.07) is 0. The monoisotopic (exact) mass is 494 g/mol. The number of ketones is 2. The number of carbonyl (C=O) groups excluding carboxylic acids is 2. The number of carboxylic acids is 4. The second kappa shape index (κ2) is 16.9. The molecular weight excluding hydrogens is 469 g/mol. The van der Waals surface area contributed by atoms with Gasteiger partial charge < -0.3 is 20.4 Å². The zero-order valence-electron chi connectivity index (χ0n) is 15.4. The van der Waals surface area contributed by atoms with Gasteiger partial charge in [-0.05, 0) is 13.8 Å². The fraction of sp³-hybridized carbons (Fsp3) is 0.600. The van der Waals surface area contributed by atoms with Crippen LogP contribution in [-0.4, -0.2) is 105 Å². The molecule has 0 saturated heterocycles. The molecule has 1 radical (unpaired) electrons. The minimum Gasteiger partial charge on any atom is -0.480 e. The first-order valence-electron chi connectivity index (χ1n) is 7.64. The molecule has 0 aromatic carbocycles. The summed E-state index contributed by atoms with van der Waals surface area (Å²) in [5.41, 5.74) is 0. The predicted molar refractivity (Wildman–Crippen MR) is 89.4 cm³/mol. The van der Waals surface area contributed by atoms with Crippen molar-refractivity contribution in [3.8, 4) is 0 Å². The van der Waals surface area contributed by atoms with Gasteiger partial charge in [-0.3, -0.25) is 38.6 Å². The molecule has 0 unspecified atom stereocenters. The van der Waals surface area contributed by atoms with Crippen LogP contribution >= 0.6 is 0 Å². The summed E-state index contributed by atoms with van der Waals surface area (Å²) in [5, 5.41) is 34.5. The molecule has 159 valence electrons. The Morgan fingerprint density at radius 1 is 0.571 bits per heavy atom. The van der Waals surface area contributed by atoms with Gasteiger partial charge in [0.15, 0.2) is 0 Å². The van der Waals surface area contributed by atoms with Crippen molar-refractivity contribution in [1.82, 2.24) is 9.80 Å². The molecule has 0 aromatic heterocycles. The van der Waals surface area contributed by atoms with Crippen molar-refractivity contribution in [3.63, 3.8) is 0 Å². The fourth-order valence-electron chi connectivity index (χ4n) is 1.83. The van der Waals surface area contributed by atoms with Crippen LogP contribution in [0.15, 0.2) is 0 Å². The summed E-state index contributed by atoms with van der Waals surface area (Å²) in [4.78, 5) is 64.4. The Morgan fingerprint density at radius 2 is 0.786 bits per heavy atom. The molecule has 0 aliphatic carbocycles. The van der Waals surface area contributed by atoms with Gasteiger partial charge in [0.2, 0.25) is 0 Å². The topological polar surface area (TPSA) is 190 Å². The van der Waals surface area contributed by atoms with Gasteiger partial charge in [0.05, 0.1) is 32.6 Å². The third kappa shape index (κ3) is 23.8. The van der Waals surface area contributed by atoms with E-state index in [0.717, 1.165) is 9.80 Å². The first-order chi connectivity index (χ1) is 12.3. The van der Waals surface area contributed by atoms with Crippen LogP contribution in [0, 0.1) is 0 Å². The smallest absolute Gasteiger partial charge is 0.480 e. The van der Waals surface area contributed by atoms with Gasteiger partial charge in [-0.1, -0.05) is 0 Å². The van der Waals surface area contributed by atoms with Gasteiger partial charge in [0.25, 0.3) is 0 Å². The van der Waals surface area contributed by atoms with Gasteiger partial charge in [0.1, 0.15) is 11.6 Å². The van der Waals surface area contributed by atoms with Crippen molar-refractivity contribution in [1.29, 1.82) is 0 Å². The van der Waals surface area contributed by atoms with E-state index in [-0.39, 0.29) is 50.6 Å². The van der Waals surface area contributed by atoms with Crippen LogP contribution in [0.25, 0.3) is 0 Å². The standard InChI is InChI=1S/C10H16N2O8.C5H8O2.Ru/c13-7(14)3-11(4-8(15)16)1-2-12(5-9(17)18)6-10(19)20;1-4(6)3-5(2)7;/h1-6H2,(H,13,14)(H,15,16)(H,17,18)(H,19,20);3H2,1-2H3;/q;;+3. The van der Waals surface area contributed by atoms with Crippen molar-refractivity contribution in [2.45, 2.75) is 20.3 Å². The molecule has 0 spiro atoms. The van der Waals surface area contributed by atoms with Crippen LogP contribution in [0.5, 0.6) is 0 Å². The van der Waals surface area contributed by atoms with E-state index in [1.54, 1.807) is 0 Å². The molecule has 0 atom stereocenters. The fourth-order valence-corrected chi connectivity index (χ4v) is 1.83. The van der Waals surface area contributed by atoms with Crippen molar-refractivity contribution in [2.75, 3.05) is 39.3 Å². The molecule has 4 N–H and O–H groups in total. The number of hydrogen-bond donors (Lipinski definition) is 4. The molecule has 28 heavy (non-hydrogen) atoms. The van der Waals surface area contributed by atoms with Crippen LogP contribution in [0.3, 0.4) is 0 Å². The summed E-state index contributed by atoms with van der Waals surface area (Å²) >= 11 is 0. The van der Waals surface area contributed by atoms with Crippen LogP contribution < -0.4 is 0 Å². The molecule has 0 aromatic rings. The second-order valence-electron chi connectivity index (χ2n) is 5.58. The minimum absolute atomic E-state index is 0. The molecule has 0 bridgehead atoms. The summed E-state index contributed by atoms with van der Waals surface area (Å²) in [6.07, 6.45) is 0.0833. The molecular formula is C15H24N2O10Ru+3. The number of carboxylic acid groups (broad SMARTS) is 4. The third-order valence-electron chi connectivity index (χ3n) is 2.67. The van der Waals surface area contributed by atoms with Crippen molar-refractivity contribution in [3.05, 3.63) is 0 Å². The first kappa shape index (κ1) is 30.5. The molecule has 0 heterocycles. The molecule has 0 aliphatic heterocycles. The van der Waals surface area contributed by atoms with Gasteiger partial charge in [-0.15, -0.1) is 0 Å². The van der Waals surface area contributed by atoms with Gasteiger partial charge in [0, 0.05) is 13.1 Å². The normalized spacial score (nSPS) is 9.71. The Labute approximate surface area is 173 Å². The van der Waals surface area contributed by atoms with E-state index in [0.29, 0.717) is 0 Å². The number of carbonyl (C=O) groups is 6. The Kier molecular flexibility index (Phi) is 18.4. The van der Waals surface area contributed by atoms with Gasteiger partial charge in [-0.2, -0.15) is 0 Å². The van der Waals surface area contributed by atoms with Crippen LogP contribution in [0.2, 0.25) is 0 Å². The average molecular weight is 493 g/mol. The van der Waals surface area contributed by atoms with Crippen LogP contribution in [-0.2, 0) is 48.2 Å². The SMILES string of the molecule is CC(=O)CC(C)=O.O=C(O)CN(CCN(CC(=O)O)CC(=O)O)CC(=O)O.[Ru+3]. The zero-order chi connectivity index (χ0) is 21.6. The number of rotatable bonds is 13. The molecule has 0 saturated carbocycles. The minimum atomic E-state index is -1.23. The third-order valence-corrected chi connectivity index (χ3v) is 2.67. The molecule has 0 fully saturated rings. The molecule has 0 rings (SSSR count). The van der Waals surface area contributed by atoms with Crippen LogP contribution in [0.4, 0.5) is 0 Å². The number of aliphatic carboxylic acids is 4.